The second-order valence-corrected chi connectivity index (χ2v) is 4.87. The number of nitrogens with zero attached hydrogens (tertiary/aromatic N) is 1. The second-order valence-electron chi connectivity index (χ2n) is 4.00. The van der Waals surface area contributed by atoms with Gasteiger partial charge in [0, 0.05) is 16.1 Å². The van der Waals surface area contributed by atoms with Gasteiger partial charge in [0.25, 0.3) is 11.6 Å². The number of benzene rings is 2. The number of hydrogen-bond donors (Lipinski definition) is 1. The summed E-state index contributed by atoms with van der Waals surface area (Å²) >= 11 is 11.4. The Hall–Kier alpha value is -2.18. The van der Waals surface area contributed by atoms with Crippen LogP contribution in [0.2, 0.25) is 10.0 Å². The summed E-state index contributed by atoms with van der Waals surface area (Å²) in [5, 5.41) is 13.5. The Morgan fingerprint density at radius 2 is 1.76 bits per heavy atom. The topological polar surface area (TPSA) is 72.2 Å². The first kappa shape index (κ1) is 15.2. The van der Waals surface area contributed by atoms with Gasteiger partial charge in [0.2, 0.25) is 0 Å². The van der Waals surface area contributed by atoms with Crippen LogP contribution in [0.15, 0.2) is 36.4 Å². The fourth-order valence-corrected chi connectivity index (χ4v) is 1.96. The van der Waals surface area contributed by atoms with Crippen LogP contribution in [0.3, 0.4) is 0 Å². The van der Waals surface area contributed by atoms with E-state index in [1.165, 1.54) is 18.2 Å². The van der Waals surface area contributed by atoms with Gasteiger partial charge in [-0.3, -0.25) is 14.9 Å². The van der Waals surface area contributed by atoms with E-state index in [1.54, 1.807) is 0 Å². The Kier molecular flexibility index (Phi) is 4.40. The summed E-state index contributed by atoms with van der Waals surface area (Å²) in [5.41, 5.74) is -0.793. The zero-order chi connectivity index (χ0) is 15.6. The van der Waals surface area contributed by atoms with E-state index in [1.807, 2.05) is 0 Å². The summed E-state index contributed by atoms with van der Waals surface area (Å²) in [6, 6.07) is 7.19. The molecule has 21 heavy (non-hydrogen) atoms. The number of carbonyl (C=O) groups is 1. The maximum atomic E-state index is 13.6. The van der Waals surface area contributed by atoms with Crippen molar-refractivity contribution in [2.45, 2.75) is 0 Å². The first-order valence-electron chi connectivity index (χ1n) is 5.59. The Morgan fingerprint density at radius 1 is 1.14 bits per heavy atom. The van der Waals surface area contributed by atoms with E-state index in [0.717, 1.165) is 18.2 Å². The van der Waals surface area contributed by atoms with Gasteiger partial charge in [-0.1, -0.05) is 23.2 Å². The fraction of sp³-hybridized carbons (Fsp3) is 0. The molecule has 0 bridgehead atoms. The fourth-order valence-electron chi connectivity index (χ4n) is 1.62. The van der Waals surface area contributed by atoms with Crippen LogP contribution < -0.4 is 5.32 Å². The van der Waals surface area contributed by atoms with E-state index in [9.17, 15) is 19.3 Å². The molecule has 0 atom stereocenters. The normalized spacial score (nSPS) is 10.2. The molecule has 0 aromatic heterocycles. The summed E-state index contributed by atoms with van der Waals surface area (Å²) in [6.07, 6.45) is 0. The van der Waals surface area contributed by atoms with Crippen LogP contribution in [-0.2, 0) is 0 Å². The Labute approximate surface area is 128 Å². The zero-order valence-corrected chi connectivity index (χ0v) is 11.8. The van der Waals surface area contributed by atoms with E-state index < -0.39 is 22.3 Å². The van der Waals surface area contributed by atoms with Crippen LogP contribution in [0.5, 0.6) is 0 Å². The zero-order valence-electron chi connectivity index (χ0n) is 10.3. The molecule has 0 heterocycles. The molecule has 0 unspecified atom stereocenters. The number of hydrogen-bond acceptors (Lipinski definition) is 3. The number of nitro groups is 1. The summed E-state index contributed by atoms with van der Waals surface area (Å²) in [4.78, 5) is 22.2. The molecular formula is C13H7Cl2FN2O3. The van der Waals surface area contributed by atoms with Gasteiger partial charge in [-0.15, -0.1) is 0 Å². The van der Waals surface area contributed by atoms with Gasteiger partial charge in [0.05, 0.1) is 10.5 Å². The van der Waals surface area contributed by atoms with Gasteiger partial charge in [0.1, 0.15) is 11.5 Å². The Balaban J connectivity index is 2.36. The predicted octanol–water partition coefficient (Wildman–Crippen LogP) is 4.29. The minimum atomic E-state index is -0.847. The van der Waals surface area contributed by atoms with Crippen LogP contribution in [0, 0.1) is 15.9 Å². The van der Waals surface area contributed by atoms with Crippen molar-refractivity contribution in [3.8, 4) is 0 Å². The molecule has 0 aliphatic carbocycles. The lowest BCUT2D eigenvalue weighted by Gasteiger charge is -2.07. The van der Waals surface area contributed by atoms with Crippen molar-refractivity contribution in [2.75, 3.05) is 5.32 Å². The molecule has 2 aromatic carbocycles. The molecule has 0 fully saturated rings. The molecule has 2 rings (SSSR count). The minimum Gasteiger partial charge on any atom is -0.316 e. The van der Waals surface area contributed by atoms with Crippen molar-refractivity contribution in [3.05, 3.63) is 67.9 Å². The molecule has 108 valence electrons. The Morgan fingerprint density at radius 3 is 2.43 bits per heavy atom. The van der Waals surface area contributed by atoms with E-state index in [4.69, 9.17) is 23.2 Å². The molecule has 0 saturated heterocycles. The van der Waals surface area contributed by atoms with Crippen molar-refractivity contribution in [1.29, 1.82) is 0 Å². The monoisotopic (exact) mass is 328 g/mol. The number of rotatable bonds is 3. The average Bonchev–Trinajstić information content (AvgIpc) is 2.43. The maximum Gasteiger partial charge on any atom is 0.294 e. The van der Waals surface area contributed by atoms with Gasteiger partial charge >= 0.3 is 0 Å². The quantitative estimate of drug-likeness (QED) is 0.674. The molecule has 0 aliphatic heterocycles. The van der Waals surface area contributed by atoms with Crippen LogP contribution in [-0.4, -0.2) is 10.8 Å². The van der Waals surface area contributed by atoms with Gasteiger partial charge in [-0.05, 0) is 30.3 Å². The first-order chi connectivity index (χ1) is 9.88. The number of nitrogens with one attached hydrogen (secondary N) is 1. The minimum absolute atomic E-state index is 0.0891. The summed E-state index contributed by atoms with van der Waals surface area (Å²) in [6.45, 7) is 0. The number of nitro benzene ring substituents is 1. The van der Waals surface area contributed by atoms with Crippen molar-refractivity contribution in [2.24, 2.45) is 0 Å². The molecule has 2 aromatic rings. The third kappa shape index (κ3) is 3.48. The molecule has 0 aliphatic rings. The molecule has 0 spiro atoms. The van der Waals surface area contributed by atoms with Gasteiger partial charge in [-0.2, -0.15) is 0 Å². The largest absolute Gasteiger partial charge is 0.316 e. The SMILES string of the molecule is O=C(Nc1ccc(Cl)cc1[N+](=O)[O-])c1cc(Cl)ccc1F. The van der Waals surface area contributed by atoms with Crippen molar-refractivity contribution < 1.29 is 14.1 Å². The standard InChI is InChI=1S/C13H7Cl2FN2O3/c14-7-1-3-10(16)9(5-7)13(19)17-11-4-2-8(15)6-12(11)18(20)21/h1-6H,(H,17,19). The highest BCUT2D eigenvalue weighted by atomic mass is 35.5. The highest BCUT2D eigenvalue weighted by Crippen LogP contribution is 2.28. The van der Waals surface area contributed by atoms with E-state index in [0.29, 0.717) is 0 Å². The second kappa shape index (κ2) is 6.07. The lowest BCUT2D eigenvalue weighted by molar-refractivity contribution is -0.383. The molecule has 8 heteroatoms. The van der Waals surface area contributed by atoms with E-state index in [2.05, 4.69) is 5.32 Å². The Bertz CT molecular complexity index is 737. The lowest BCUT2D eigenvalue weighted by Crippen LogP contribution is -2.14. The number of carbonyl (C=O) groups excluding carboxylic acids is 1. The number of halogens is 3. The summed E-state index contributed by atoms with van der Waals surface area (Å²) in [7, 11) is 0. The highest BCUT2D eigenvalue weighted by molar-refractivity contribution is 6.31. The average molecular weight is 329 g/mol. The van der Waals surface area contributed by atoms with Crippen LogP contribution in [0.4, 0.5) is 15.8 Å². The van der Waals surface area contributed by atoms with Gasteiger partial charge in [0.15, 0.2) is 0 Å². The van der Waals surface area contributed by atoms with Crippen molar-refractivity contribution in [1.82, 2.24) is 0 Å². The van der Waals surface area contributed by atoms with E-state index in [-0.39, 0.29) is 21.3 Å². The van der Waals surface area contributed by atoms with Gasteiger partial charge < -0.3 is 5.32 Å². The smallest absolute Gasteiger partial charge is 0.294 e. The maximum absolute atomic E-state index is 13.6. The molecule has 1 amide bonds. The molecule has 5 nitrogen and oxygen atoms in total. The van der Waals surface area contributed by atoms with Crippen LogP contribution in [0.1, 0.15) is 10.4 Å². The number of anilines is 1. The van der Waals surface area contributed by atoms with Crippen LogP contribution >= 0.6 is 23.2 Å². The van der Waals surface area contributed by atoms with Crippen molar-refractivity contribution >= 4 is 40.5 Å². The van der Waals surface area contributed by atoms with Gasteiger partial charge in [-0.25, -0.2) is 4.39 Å². The third-order valence-corrected chi connectivity index (χ3v) is 3.05. The molecule has 0 saturated carbocycles. The molecule has 1 N–H and O–H groups in total. The molecular weight excluding hydrogens is 322 g/mol. The first-order valence-corrected chi connectivity index (χ1v) is 6.34. The predicted molar refractivity (Wildman–Crippen MR) is 77.5 cm³/mol. The summed E-state index contributed by atoms with van der Waals surface area (Å²) in [5.74, 6) is -1.63. The summed E-state index contributed by atoms with van der Waals surface area (Å²) < 4.78 is 13.6. The molecule has 0 radical (unpaired) electrons. The third-order valence-electron chi connectivity index (χ3n) is 2.58. The van der Waals surface area contributed by atoms with Crippen LogP contribution in [0.25, 0.3) is 0 Å². The van der Waals surface area contributed by atoms with Crippen molar-refractivity contribution in [3.63, 3.8) is 0 Å². The van der Waals surface area contributed by atoms with E-state index >= 15 is 0 Å². The lowest BCUT2D eigenvalue weighted by atomic mass is 10.2. The highest BCUT2D eigenvalue weighted by Gasteiger charge is 2.19. The number of amides is 1.